The van der Waals surface area contributed by atoms with Gasteiger partial charge in [0.25, 0.3) is 0 Å². The Hall–Kier alpha value is -1.06. The molecule has 1 unspecified atom stereocenters. The van der Waals surface area contributed by atoms with Crippen LogP contribution in [0.4, 0.5) is 5.69 Å². The molecule has 0 aliphatic carbocycles. The minimum atomic E-state index is 0.161. The number of benzene rings is 1. The van der Waals surface area contributed by atoms with Crippen LogP contribution in [-0.4, -0.2) is 43.7 Å². The van der Waals surface area contributed by atoms with Crippen molar-refractivity contribution in [2.24, 2.45) is 0 Å². The third kappa shape index (κ3) is 6.49. The highest BCUT2D eigenvalue weighted by Gasteiger charge is 2.14. The molecule has 0 spiro atoms. The third-order valence-corrected chi connectivity index (χ3v) is 3.59. The van der Waals surface area contributed by atoms with Gasteiger partial charge in [0, 0.05) is 36.9 Å². The average molecular weight is 291 g/mol. The number of nitrogens with zero attached hydrogens (tertiary/aromatic N) is 2. The average Bonchev–Trinajstić information content (AvgIpc) is 2.37. The fourth-order valence-electron chi connectivity index (χ4n) is 2.55. The second-order valence-electron chi connectivity index (χ2n) is 7.17. The van der Waals surface area contributed by atoms with Crippen LogP contribution in [0.15, 0.2) is 24.3 Å². The van der Waals surface area contributed by atoms with E-state index in [0.717, 1.165) is 19.6 Å². The van der Waals surface area contributed by atoms with Crippen molar-refractivity contribution >= 4 is 5.69 Å². The Morgan fingerprint density at radius 1 is 1.10 bits per heavy atom. The number of hydrogen-bond donors (Lipinski definition) is 1. The summed E-state index contributed by atoms with van der Waals surface area (Å²) in [7, 11) is 4.26. The number of nitrogens with one attached hydrogen (secondary N) is 1. The number of rotatable bonds is 7. The van der Waals surface area contributed by atoms with E-state index in [4.69, 9.17) is 0 Å². The molecule has 0 bridgehead atoms. The van der Waals surface area contributed by atoms with Crippen LogP contribution in [0.2, 0.25) is 0 Å². The molecule has 0 saturated heterocycles. The third-order valence-electron chi connectivity index (χ3n) is 3.59. The topological polar surface area (TPSA) is 18.5 Å². The lowest BCUT2D eigenvalue weighted by molar-refractivity contribution is 0.373. The molecule has 1 rings (SSSR count). The van der Waals surface area contributed by atoms with E-state index in [9.17, 15) is 0 Å². The van der Waals surface area contributed by atoms with Crippen molar-refractivity contribution in [1.82, 2.24) is 10.2 Å². The van der Waals surface area contributed by atoms with Crippen LogP contribution < -0.4 is 10.2 Å². The predicted octanol–water partition coefficient (Wildman–Crippen LogP) is 3.35. The van der Waals surface area contributed by atoms with Crippen LogP contribution in [0.5, 0.6) is 0 Å². The number of hydrogen-bond acceptors (Lipinski definition) is 3. The highest BCUT2D eigenvalue weighted by Crippen LogP contribution is 2.18. The molecule has 0 amide bonds. The lowest BCUT2D eigenvalue weighted by Crippen LogP contribution is -2.40. The van der Waals surface area contributed by atoms with E-state index in [1.165, 1.54) is 11.3 Å². The van der Waals surface area contributed by atoms with Crippen molar-refractivity contribution in [2.45, 2.75) is 52.7 Å². The van der Waals surface area contributed by atoms with Gasteiger partial charge in [0.05, 0.1) is 0 Å². The molecule has 0 radical (unpaired) electrons. The Labute approximate surface area is 131 Å². The number of anilines is 1. The zero-order valence-electron chi connectivity index (χ0n) is 14.9. The zero-order chi connectivity index (χ0) is 16.0. The molecule has 1 aromatic rings. The largest absolute Gasteiger partial charge is 0.368 e. The summed E-state index contributed by atoms with van der Waals surface area (Å²) in [6.45, 7) is 14.1. The molecular weight excluding hydrogens is 258 g/mol. The van der Waals surface area contributed by atoms with E-state index >= 15 is 0 Å². The summed E-state index contributed by atoms with van der Waals surface area (Å²) in [6.07, 6.45) is 0. The molecule has 0 aliphatic heterocycles. The van der Waals surface area contributed by atoms with Crippen LogP contribution in [-0.2, 0) is 6.54 Å². The molecule has 1 N–H and O–H groups in total. The standard InChI is InChI=1S/C18H33N3/c1-8-21(15(2)14-20(6)7)17-11-9-16(10-12-17)13-19-18(3,4)5/h9-12,15,19H,8,13-14H2,1-7H3. The van der Waals surface area contributed by atoms with Gasteiger partial charge in [-0.1, -0.05) is 12.1 Å². The van der Waals surface area contributed by atoms with Crippen LogP contribution in [0.1, 0.15) is 40.2 Å². The van der Waals surface area contributed by atoms with Crippen LogP contribution >= 0.6 is 0 Å². The monoisotopic (exact) mass is 291 g/mol. The summed E-state index contributed by atoms with van der Waals surface area (Å²) >= 11 is 0. The van der Waals surface area contributed by atoms with Crippen LogP contribution in [0.25, 0.3) is 0 Å². The van der Waals surface area contributed by atoms with E-state index in [-0.39, 0.29) is 5.54 Å². The van der Waals surface area contributed by atoms with Gasteiger partial charge < -0.3 is 15.1 Å². The Bertz CT molecular complexity index is 403. The Morgan fingerprint density at radius 3 is 2.10 bits per heavy atom. The highest BCUT2D eigenvalue weighted by atomic mass is 15.2. The Balaban J connectivity index is 2.70. The molecule has 0 aliphatic rings. The van der Waals surface area contributed by atoms with E-state index in [2.05, 4.69) is 88.1 Å². The fraction of sp³-hybridized carbons (Fsp3) is 0.667. The molecule has 3 nitrogen and oxygen atoms in total. The van der Waals surface area contributed by atoms with Crippen LogP contribution in [0, 0.1) is 0 Å². The zero-order valence-corrected chi connectivity index (χ0v) is 14.9. The summed E-state index contributed by atoms with van der Waals surface area (Å²) in [6, 6.07) is 9.48. The van der Waals surface area contributed by atoms with Gasteiger partial charge in [0.2, 0.25) is 0 Å². The Morgan fingerprint density at radius 2 is 1.67 bits per heavy atom. The van der Waals surface area contributed by atoms with Gasteiger partial charge in [-0.3, -0.25) is 0 Å². The first-order valence-corrected chi connectivity index (χ1v) is 7.98. The van der Waals surface area contributed by atoms with Crippen molar-refractivity contribution in [3.05, 3.63) is 29.8 Å². The smallest absolute Gasteiger partial charge is 0.0388 e. The maximum Gasteiger partial charge on any atom is 0.0388 e. The summed E-state index contributed by atoms with van der Waals surface area (Å²) in [5, 5.41) is 3.53. The highest BCUT2D eigenvalue weighted by molar-refractivity contribution is 5.48. The molecule has 120 valence electrons. The van der Waals surface area contributed by atoms with Crippen molar-refractivity contribution in [2.75, 3.05) is 32.1 Å². The van der Waals surface area contributed by atoms with Gasteiger partial charge in [-0.15, -0.1) is 0 Å². The molecule has 0 fully saturated rings. The minimum Gasteiger partial charge on any atom is -0.368 e. The van der Waals surface area contributed by atoms with Gasteiger partial charge in [-0.25, -0.2) is 0 Å². The SMILES string of the molecule is CCN(c1ccc(CNC(C)(C)C)cc1)C(C)CN(C)C. The number of likely N-dealkylation sites (N-methyl/N-ethyl adjacent to an activating group) is 2. The second kappa shape index (κ2) is 7.81. The summed E-state index contributed by atoms with van der Waals surface area (Å²) in [5.41, 5.74) is 2.81. The lowest BCUT2D eigenvalue weighted by atomic mass is 10.1. The normalized spacial score (nSPS) is 13.5. The molecule has 21 heavy (non-hydrogen) atoms. The maximum absolute atomic E-state index is 3.53. The summed E-state index contributed by atoms with van der Waals surface area (Å²) < 4.78 is 0. The van der Waals surface area contributed by atoms with Gasteiger partial charge >= 0.3 is 0 Å². The minimum absolute atomic E-state index is 0.161. The van der Waals surface area contributed by atoms with Gasteiger partial charge in [0.15, 0.2) is 0 Å². The van der Waals surface area contributed by atoms with Gasteiger partial charge in [-0.2, -0.15) is 0 Å². The quantitative estimate of drug-likeness (QED) is 0.831. The van der Waals surface area contributed by atoms with Gasteiger partial charge in [0.1, 0.15) is 0 Å². The first-order chi connectivity index (χ1) is 9.73. The van der Waals surface area contributed by atoms with E-state index < -0.39 is 0 Å². The molecular formula is C18H33N3. The lowest BCUT2D eigenvalue weighted by Gasteiger charge is -2.32. The fourth-order valence-corrected chi connectivity index (χ4v) is 2.55. The Kier molecular flexibility index (Phi) is 6.69. The molecule has 1 aromatic carbocycles. The first-order valence-electron chi connectivity index (χ1n) is 7.98. The van der Waals surface area contributed by atoms with Crippen molar-refractivity contribution in [3.63, 3.8) is 0 Å². The maximum atomic E-state index is 3.53. The molecule has 3 heteroatoms. The van der Waals surface area contributed by atoms with E-state index in [0.29, 0.717) is 6.04 Å². The predicted molar refractivity (Wildman–Crippen MR) is 94.1 cm³/mol. The van der Waals surface area contributed by atoms with E-state index in [1.54, 1.807) is 0 Å². The molecule has 1 atom stereocenters. The van der Waals surface area contributed by atoms with Crippen molar-refractivity contribution < 1.29 is 0 Å². The molecule has 0 heterocycles. The first kappa shape index (κ1) is 18.0. The van der Waals surface area contributed by atoms with E-state index in [1.807, 2.05) is 0 Å². The molecule has 0 saturated carbocycles. The second-order valence-corrected chi connectivity index (χ2v) is 7.17. The van der Waals surface area contributed by atoms with Crippen LogP contribution in [0.3, 0.4) is 0 Å². The van der Waals surface area contributed by atoms with Crippen molar-refractivity contribution in [3.8, 4) is 0 Å². The summed E-state index contributed by atoms with van der Waals surface area (Å²) in [4.78, 5) is 4.70. The van der Waals surface area contributed by atoms with Crippen molar-refractivity contribution in [1.29, 1.82) is 0 Å². The summed E-state index contributed by atoms with van der Waals surface area (Å²) in [5.74, 6) is 0. The molecule has 0 aromatic heterocycles. The van der Waals surface area contributed by atoms with Gasteiger partial charge in [-0.05, 0) is 66.4 Å².